The first-order chi connectivity index (χ1) is 15.0. The Hall–Kier alpha value is -3.26. The van der Waals surface area contributed by atoms with Gasteiger partial charge in [0.1, 0.15) is 16.8 Å². The van der Waals surface area contributed by atoms with Gasteiger partial charge in [0, 0.05) is 17.1 Å². The van der Waals surface area contributed by atoms with E-state index in [1.165, 1.54) is 16.2 Å². The summed E-state index contributed by atoms with van der Waals surface area (Å²) in [5.41, 5.74) is 2.93. The van der Waals surface area contributed by atoms with Gasteiger partial charge in [-0.1, -0.05) is 13.0 Å². The highest BCUT2D eigenvalue weighted by atomic mass is 32.1. The first kappa shape index (κ1) is 21.0. The van der Waals surface area contributed by atoms with E-state index in [-0.39, 0.29) is 18.6 Å². The molecule has 1 aliphatic rings. The van der Waals surface area contributed by atoms with E-state index in [9.17, 15) is 9.59 Å². The summed E-state index contributed by atoms with van der Waals surface area (Å²) in [6, 6.07) is 10.5. The zero-order valence-corrected chi connectivity index (χ0v) is 18.4. The molecule has 2 unspecified atom stereocenters. The molecule has 3 aromatic rings. The maximum absolute atomic E-state index is 12.7. The van der Waals surface area contributed by atoms with Gasteiger partial charge in [0.05, 0.1) is 23.2 Å². The molecule has 160 valence electrons. The van der Waals surface area contributed by atoms with E-state index in [0.29, 0.717) is 17.9 Å². The molecule has 3 heterocycles. The van der Waals surface area contributed by atoms with Crippen LogP contribution in [0, 0.1) is 0 Å². The molecule has 2 atom stereocenters. The number of amides is 1. The topological polar surface area (TPSA) is 81.6 Å². The molecule has 8 heteroatoms. The molecule has 0 saturated carbocycles. The van der Waals surface area contributed by atoms with Gasteiger partial charge in [0.2, 0.25) is 0 Å². The minimum absolute atomic E-state index is 0.117. The fourth-order valence-electron chi connectivity index (χ4n) is 3.25. The van der Waals surface area contributed by atoms with Crippen LogP contribution in [0.4, 0.5) is 5.69 Å². The molecular formula is C23H23N3O4S. The summed E-state index contributed by atoms with van der Waals surface area (Å²) >= 11 is 1.50. The van der Waals surface area contributed by atoms with Crippen LogP contribution in [-0.2, 0) is 14.3 Å². The second kappa shape index (κ2) is 8.85. The van der Waals surface area contributed by atoms with E-state index >= 15 is 0 Å². The lowest BCUT2D eigenvalue weighted by Crippen LogP contribution is -2.49. The Morgan fingerprint density at radius 3 is 2.84 bits per heavy atom. The molecule has 1 aliphatic heterocycles. The van der Waals surface area contributed by atoms with Crippen LogP contribution in [0.1, 0.15) is 27.2 Å². The molecule has 1 amide bonds. The number of pyridine rings is 1. The van der Waals surface area contributed by atoms with Crippen LogP contribution in [0.15, 0.2) is 48.0 Å². The van der Waals surface area contributed by atoms with Gasteiger partial charge in [0.25, 0.3) is 5.91 Å². The second-order valence-corrected chi connectivity index (χ2v) is 8.18. The van der Waals surface area contributed by atoms with E-state index in [2.05, 4.69) is 4.98 Å². The first-order valence-corrected chi connectivity index (χ1v) is 11.0. The summed E-state index contributed by atoms with van der Waals surface area (Å²) in [7, 11) is 0. The smallest absolute Gasteiger partial charge is 0.329 e. The number of anilines is 1. The maximum Gasteiger partial charge on any atom is 0.329 e. The Bertz CT molecular complexity index is 1100. The zero-order chi connectivity index (χ0) is 22.0. The van der Waals surface area contributed by atoms with Crippen molar-refractivity contribution in [3.63, 3.8) is 0 Å². The SMILES string of the molecule is CCC(C)OC(=O)C(C)N1C(=O)COc2ccc(-c3csc(-c4ccccn4)n3)cc21. The van der Waals surface area contributed by atoms with Crippen LogP contribution in [-0.4, -0.2) is 40.6 Å². The molecule has 0 saturated heterocycles. The average molecular weight is 438 g/mol. The van der Waals surface area contributed by atoms with Gasteiger partial charge in [-0.05, 0) is 50.6 Å². The van der Waals surface area contributed by atoms with Gasteiger partial charge >= 0.3 is 5.97 Å². The first-order valence-electron chi connectivity index (χ1n) is 10.1. The molecule has 1 aromatic carbocycles. The number of nitrogens with zero attached hydrogens (tertiary/aromatic N) is 3. The van der Waals surface area contributed by atoms with Crippen LogP contribution in [0.5, 0.6) is 5.75 Å². The highest BCUT2D eigenvalue weighted by Gasteiger charge is 2.34. The van der Waals surface area contributed by atoms with Crippen LogP contribution >= 0.6 is 11.3 Å². The van der Waals surface area contributed by atoms with Gasteiger partial charge < -0.3 is 9.47 Å². The minimum Gasteiger partial charge on any atom is -0.482 e. The van der Waals surface area contributed by atoms with Crippen LogP contribution in [0.2, 0.25) is 0 Å². The molecule has 0 spiro atoms. The molecule has 0 bridgehead atoms. The monoisotopic (exact) mass is 437 g/mol. The van der Waals surface area contributed by atoms with E-state index in [4.69, 9.17) is 14.5 Å². The number of esters is 1. The fourth-order valence-corrected chi connectivity index (χ4v) is 4.06. The van der Waals surface area contributed by atoms with E-state index in [1.807, 2.05) is 49.6 Å². The number of thiazole rings is 1. The molecule has 0 aliphatic carbocycles. The summed E-state index contributed by atoms with van der Waals surface area (Å²) in [6.45, 7) is 5.33. The molecular weight excluding hydrogens is 414 g/mol. The summed E-state index contributed by atoms with van der Waals surface area (Å²) in [4.78, 5) is 35.8. The number of aromatic nitrogens is 2. The summed E-state index contributed by atoms with van der Waals surface area (Å²) in [6.07, 6.45) is 2.23. The summed E-state index contributed by atoms with van der Waals surface area (Å²) in [5.74, 6) is -0.176. The number of hydrogen-bond donors (Lipinski definition) is 0. The van der Waals surface area contributed by atoms with Crippen LogP contribution < -0.4 is 9.64 Å². The van der Waals surface area contributed by atoms with Crippen molar-refractivity contribution >= 4 is 28.9 Å². The molecule has 4 rings (SSSR count). The normalized spacial score (nSPS) is 15.1. The summed E-state index contributed by atoms with van der Waals surface area (Å²) < 4.78 is 11.0. The van der Waals surface area contributed by atoms with Crippen molar-refractivity contribution in [2.75, 3.05) is 11.5 Å². The third-order valence-corrected chi connectivity index (χ3v) is 6.01. The fraction of sp³-hybridized carbons (Fsp3) is 0.304. The summed E-state index contributed by atoms with van der Waals surface area (Å²) in [5, 5.41) is 2.75. The van der Waals surface area contributed by atoms with Crippen LogP contribution in [0.25, 0.3) is 22.0 Å². The Morgan fingerprint density at radius 2 is 2.10 bits per heavy atom. The van der Waals surface area contributed by atoms with Crippen molar-refractivity contribution in [3.05, 3.63) is 48.0 Å². The highest BCUT2D eigenvalue weighted by Crippen LogP contribution is 2.38. The lowest BCUT2D eigenvalue weighted by molar-refractivity contribution is -0.150. The predicted molar refractivity (Wildman–Crippen MR) is 119 cm³/mol. The Labute approximate surface area is 184 Å². The maximum atomic E-state index is 12.7. The second-order valence-electron chi connectivity index (χ2n) is 7.32. The molecule has 31 heavy (non-hydrogen) atoms. The molecule has 0 radical (unpaired) electrons. The Balaban J connectivity index is 1.66. The van der Waals surface area contributed by atoms with Gasteiger partial charge in [-0.3, -0.25) is 14.7 Å². The average Bonchev–Trinajstić information content (AvgIpc) is 3.29. The third kappa shape index (κ3) is 4.29. The molecule has 0 fully saturated rings. The van der Waals surface area contributed by atoms with Crippen LogP contribution in [0.3, 0.4) is 0 Å². The molecule has 7 nitrogen and oxygen atoms in total. The van der Waals surface area contributed by atoms with Crippen molar-refractivity contribution in [2.24, 2.45) is 0 Å². The number of rotatable bonds is 6. The standard InChI is InChI=1S/C23H23N3O4S/c1-4-14(2)30-23(28)15(3)26-19-11-16(8-9-20(19)29-12-21(26)27)18-13-31-22(25-18)17-7-5-6-10-24-17/h5-11,13-15H,4,12H2,1-3H3. The van der Waals surface area contributed by atoms with E-state index in [0.717, 1.165) is 22.0 Å². The third-order valence-electron chi connectivity index (χ3n) is 5.14. The van der Waals surface area contributed by atoms with Crippen molar-refractivity contribution in [3.8, 4) is 27.7 Å². The number of carbonyl (C=O) groups excluding carboxylic acids is 2. The van der Waals surface area contributed by atoms with Crippen molar-refractivity contribution < 1.29 is 19.1 Å². The minimum atomic E-state index is -0.765. The molecule has 0 N–H and O–H groups in total. The highest BCUT2D eigenvalue weighted by molar-refractivity contribution is 7.13. The number of benzene rings is 1. The van der Waals surface area contributed by atoms with Gasteiger partial charge in [-0.25, -0.2) is 9.78 Å². The van der Waals surface area contributed by atoms with Gasteiger partial charge in [-0.2, -0.15) is 0 Å². The zero-order valence-electron chi connectivity index (χ0n) is 17.6. The van der Waals surface area contributed by atoms with Gasteiger partial charge in [0.15, 0.2) is 6.61 Å². The Morgan fingerprint density at radius 1 is 1.26 bits per heavy atom. The number of ether oxygens (including phenoxy) is 2. The van der Waals surface area contributed by atoms with Crippen molar-refractivity contribution in [1.82, 2.24) is 9.97 Å². The predicted octanol–water partition coefficient (Wildman–Crippen LogP) is 4.33. The van der Waals surface area contributed by atoms with Gasteiger partial charge in [-0.15, -0.1) is 11.3 Å². The number of carbonyl (C=O) groups is 2. The quantitative estimate of drug-likeness (QED) is 0.534. The number of hydrogen-bond acceptors (Lipinski definition) is 7. The Kier molecular flexibility index (Phi) is 5.99. The van der Waals surface area contributed by atoms with Crippen molar-refractivity contribution in [1.29, 1.82) is 0 Å². The van der Waals surface area contributed by atoms with E-state index < -0.39 is 12.0 Å². The lowest BCUT2D eigenvalue weighted by Gasteiger charge is -2.33. The largest absolute Gasteiger partial charge is 0.482 e. The lowest BCUT2D eigenvalue weighted by atomic mass is 10.1. The number of fused-ring (bicyclic) bond motifs is 1. The van der Waals surface area contributed by atoms with Crippen molar-refractivity contribution in [2.45, 2.75) is 39.3 Å². The van der Waals surface area contributed by atoms with E-state index in [1.54, 1.807) is 19.2 Å². The molecule has 2 aromatic heterocycles.